The minimum atomic E-state index is -0.451. The molecule has 9 nitrogen and oxygen atoms in total. The van der Waals surface area contributed by atoms with Crippen LogP contribution in [0.25, 0.3) is 0 Å². The van der Waals surface area contributed by atoms with Gasteiger partial charge in [-0.1, -0.05) is 66.7 Å². The zero-order valence-electron chi connectivity index (χ0n) is 26.6. The number of benzene rings is 3. The van der Waals surface area contributed by atoms with Crippen molar-refractivity contribution in [2.75, 3.05) is 33.2 Å². The molecule has 2 fully saturated rings. The molecule has 0 aromatic heterocycles. The number of carbonyl (C=O) groups is 2. The molecule has 0 bridgehead atoms. The molecular weight excluding hydrogens is 580 g/mol. The number of likely N-dealkylation sites (N-methyl/N-ethyl adjacent to an activating group) is 1. The van der Waals surface area contributed by atoms with E-state index in [1.165, 1.54) is 17.7 Å². The van der Waals surface area contributed by atoms with Crippen LogP contribution in [0.4, 0.5) is 10.5 Å². The Labute approximate surface area is 271 Å². The smallest absolute Gasteiger partial charge is 0.410 e. The topological polar surface area (TPSA) is 96.2 Å². The number of amides is 2. The monoisotopic (exact) mass is 624 g/mol. The second kappa shape index (κ2) is 15.7. The van der Waals surface area contributed by atoms with E-state index in [0.29, 0.717) is 30.4 Å². The summed E-state index contributed by atoms with van der Waals surface area (Å²) in [4.78, 5) is 43.1. The molecule has 1 aliphatic heterocycles. The summed E-state index contributed by atoms with van der Waals surface area (Å²) in [5.74, 6) is 0.960. The van der Waals surface area contributed by atoms with Gasteiger partial charge in [-0.3, -0.25) is 14.9 Å². The van der Waals surface area contributed by atoms with Crippen molar-refractivity contribution in [3.05, 3.63) is 124 Å². The number of nitro groups is 1. The van der Waals surface area contributed by atoms with Crippen molar-refractivity contribution in [3.63, 3.8) is 0 Å². The fraction of sp³-hybridized carbons (Fsp3) is 0.405. The lowest BCUT2D eigenvalue weighted by molar-refractivity contribution is -0.384. The highest BCUT2D eigenvalue weighted by atomic mass is 16.6. The maximum atomic E-state index is 13.3. The van der Waals surface area contributed by atoms with Gasteiger partial charge in [0.15, 0.2) is 0 Å². The zero-order chi connectivity index (χ0) is 32.5. The lowest BCUT2D eigenvalue weighted by atomic mass is 9.88. The highest BCUT2D eigenvalue weighted by molar-refractivity contribution is 5.78. The molecule has 0 radical (unpaired) electrons. The summed E-state index contributed by atoms with van der Waals surface area (Å²) in [6.45, 7) is 7.00. The third-order valence-corrected chi connectivity index (χ3v) is 9.60. The first-order valence-corrected chi connectivity index (χ1v) is 16.2. The summed E-state index contributed by atoms with van der Waals surface area (Å²) in [7, 11) is 1.96. The Kier molecular flexibility index (Phi) is 11.2. The molecule has 5 rings (SSSR count). The van der Waals surface area contributed by atoms with Crippen molar-refractivity contribution in [2.45, 2.75) is 56.7 Å². The Balaban J connectivity index is 1.17. The molecule has 1 saturated carbocycles. The van der Waals surface area contributed by atoms with Gasteiger partial charge >= 0.3 is 6.09 Å². The third kappa shape index (κ3) is 8.40. The number of hydrogen-bond acceptors (Lipinski definition) is 6. The second-order valence-electron chi connectivity index (χ2n) is 12.5. The van der Waals surface area contributed by atoms with Crippen molar-refractivity contribution in [3.8, 4) is 0 Å². The summed E-state index contributed by atoms with van der Waals surface area (Å²) >= 11 is 0. The molecule has 1 saturated heterocycles. The predicted molar refractivity (Wildman–Crippen MR) is 178 cm³/mol. The fourth-order valence-corrected chi connectivity index (χ4v) is 7.02. The van der Waals surface area contributed by atoms with Crippen LogP contribution in [-0.4, -0.2) is 76.9 Å². The standard InChI is InChI=1S/C37H44N4O5/c1-3-20-40(37(43)46-27-29-14-16-33(17-15-29)41(44)45)32-18-21-39(22-19-32)26-31-24-34(25-35(31)30-12-8-5-9-13-30)38(2)36(42)23-28-10-6-4-7-11-28/h3-17,31-32,34-35H,1,18-27H2,2H3/t31-,34-,35-/m1/s1. The van der Waals surface area contributed by atoms with Crippen LogP contribution >= 0.6 is 0 Å². The van der Waals surface area contributed by atoms with E-state index in [1.807, 2.05) is 42.3 Å². The van der Waals surface area contributed by atoms with Gasteiger partial charge in [-0.15, -0.1) is 6.58 Å². The van der Waals surface area contributed by atoms with Gasteiger partial charge in [0, 0.05) is 57.4 Å². The number of carbonyl (C=O) groups excluding carboxylic acids is 2. The highest BCUT2D eigenvalue weighted by Gasteiger charge is 2.39. The summed E-state index contributed by atoms with van der Waals surface area (Å²) in [6, 6.07) is 26.9. The molecule has 46 heavy (non-hydrogen) atoms. The van der Waals surface area contributed by atoms with Crippen molar-refractivity contribution >= 4 is 17.7 Å². The number of piperidine rings is 1. The van der Waals surface area contributed by atoms with Crippen molar-refractivity contribution in [2.24, 2.45) is 5.92 Å². The van der Waals surface area contributed by atoms with Crippen LogP contribution < -0.4 is 0 Å². The van der Waals surface area contributed by atoms with Gasteiger partial charge in [0.25, 0.3) is 5.69 Å². The number of nitro benzene ring substituents is 1. The number of hydrogen-bond donors (Lipinski definition) is 0. The summed E-state index contributed by atoms with van der Waals surface area (Å²) in [6.07, 6.45) is 5.33. The molecule has 3 aromatic carbocycles. The first-order chi connectivity index (χ1) is 22.3. The average molecular weight is 625 g/mol. The van der Waals surface area contributed by atoms with E-state index in [-0.39, 0.29) is 30.3 Å². The molecule has 0 unspecified atom stereocenters. The maximum absolute atomic E-state index is 13.3. The predicted octanol–water partition coefficient (Wildman–Crippen LogP) is 6.45. The van der Waals surface area contributed by atoms with Crippen LogP contribution in [0.15, 0.2) is 97.6 Å². The first kappa shape index (κ1) is 32.9. The van der Waals surface area contributed by atoms with E-state index < -0.39 is 11.0 Å². The molecule has 9 heteroatoms. The van der Waals surface area contributed by atoms with E-state index in [4.69, 9.17) is 4.74 Å². The Hall–Kier alpha value is -4.50. The second-order valence-corrected chi connectivity index (χ2v) is 12.5. The van der Waals surface area contributed by atoms with Gasteiger partial charge in [0.1, 0.15) is 6.61 Å². The quantitative estimate of drug-likeness (QED) is 0.131. The third-order valence-electron chi connectivity index (χ3n) is 9.60. The minimum Gasteiger partial charge on any atom is -0.445 e. The van der Waals surface area contributed by atoms with Crippen LogP contribution in [0, 0.1) is 16.0 Å². The lowest BCUT2D eigenvalue weighted by Crippen LogP contribution is -2.48. The minimum absolute atomic E-state index is 0.00176. The summed E-state index contributed by atoms with van der Waals surface area (Å²) in [5, 5.41) is 10.9. The molecule has 0 N–H and O–H groups in total. The number of likely N-dealkylation sites (tertiary alicyclic amines) is 1. The van der Waals surface area contributed by atoms with Crippen LogP contribution in [-0.2, 0) is 22.6 Å². The van der Waals surface area contributed by atoms with Gasteiger partial charge in [-0.2, -0.15) is 0 Å². The fourth-order valence-electron chi connectivity index (χ4n) is 7.02. The van der Waals surface area contributed by atoms with Crippen LogP contribution in [0.1, 0.15) is 48.3 Å². The SMILES string of the molecule is C=CCN(C(=O)OCc1ccc([N+](=O)[O-])cc1)C1CCN(C[C@H]2C[C@@H](N(C)C(=O)Cc3ccccc3)C[C@@H]2c2ccccc2)CC1. The van der Waals surface area contributed by atoms with E-state index in [9.17, 15) is 19.7 Å². The molecule has 2 aliphatic rings. The molecule has 3 atom stereocenters. The van der Waals surface area contributed by atoms with Crippen LogP contribution in [0.5, 0.6) is 0 Å². The molecule has 1 heterocycles. The normalized spacial score (nSPS) is 20.2. The number of nitrogens with zero attached hydrogens (tertiary/aromatic N) is 4. The van der Waals surface area contributed by atoms with E-state index in [1.54, 1.807) is 23.1 Å². The molecule has 0 spiro atoms. The maximum Gasteiger partial charge on any atom is 0.410 e. The van der Waals surface area contributed by atoms with Crippen LogP contribution in [0.3, 0.4) is 0 Å². The Morgan fingerprint density at radius 3 is 2.22 bits per heavy atom. The Bertz CT molecular complexity index is 1460. The van der Waals surface area contributed by atoms with E-state index >= 15 is 0 Å². The van der Waals surface area contributed by atoms with Gasteiger partial charge in [0.2, 0.25) is 5.91 Å². The lowest BCUT2D eigenvalue weighted by Gasteiger charge is -2.39. The molecule has 1 aliphatic carbocycles. The van der Waals surface area contributed by atoms with Crippen molar-refractivity contribution in [1.29, 1.82) is 0 Å². The summed E-state index contributed by atoms with van der Waals surface area (Å²) in [5.41, 5.74) is 3.07. The van der Waals surface area contributed by atoms with Gasteiger partial charge < -0.3 is 19.4 Å². The molecule has 3 aromatic rings. The van der Waals surface area contributed by atoms with Crippen LogP contribution in [0.2, 0.25) is 0 Å². The number of rotatable bonds is 12. The highest BCUT2D eigenvalue weighted by Crippen LogP contribution is 2.42. The number of ether oxygens (including phenoxy) is 1. The number of non-ortho nitro benzene ring substituents is 1. The van der Waals surface area contributed by atoms with Crippen molar-refractivity contribution in [1.82, 2.24) is 14.7 Å². The van der Waals surface area contributed by atoms with Gasteiger partial charge in [0.05, 0.1) is 11.3 Å². The first-order valence-electron chi connectivity index (χ1n) is 16.2. The largest absolute Gasteiger partial charge is 0.445 e. The van der Waals surface area contributed by atoms with E-state index in [2.05, 4.69) is 41.8 Å². The Morgan fingerprint density at radius 1 is 0.935 bits per heavy atom. The van der Waals surface area contributed by atoms with E-state index in [0.717, 1.165) is 50.9 Å². The summed E-state index contributed by atoms with van der Waals surface area (Å²) < 4.78 is 5.61. The molecular formula is C37H44N4O5. The molecule has 242 valence electrons. The van der Waals surface area contributed by atoms with Crippen molar-refractivity contribution < 1.29 is 19.2 Å². The Morgan fingerprint density at radius 2 is 1.59 bits per heavy atom. The zero-order valence-corrected chi connectivity index (χ0v) is 26.6. The van der Waals surface area contributed by atoms with Gasteiger partial charge in [-0.25, -0.2) is 4.79 Å². The molecule has 2 amide bonds. The van der Waals surface area contributed by atoms with Gasteiger partial charge in [-0.05, 0) is 66.3 Å². The average Bonchev–Trinajstić information content (AvgIpc) is 3.50.